The second-order valence-corrected chi connectivity index (χ2v) is 10.7. The van der Waals surface area contributed by atoms with Gasteiger partial charge < -0.3 is 9.64 Å². The fraction of sp³-hybridized carbons (Fsp3) is 0.304. The van der Waals surface area contributed by atoms with E-state index in [1.54, 1.807) is 17.0 Å². The Morgan fingerprint density at radius 2 is 1.59 bits per heavy atom. The number of carbonyl (C=O) groups is 1. The van der Waals surface area contributed by atoms with E-state index < -0.39 is 10.0 Å². The number of primary sulfonamides is 1. The number of hydrogen-bond acceptors (Lipinski definition) is 6. The Labute approximate surface area is 191 Å². The van der Waals surface area contributed by atoms with E-state index in [0.29, 0.717) is 23.8 Å². The van der Waals surface area contributed by atoms with Crippen LogP contribution in [0.15, 0.2) is 53.4 Å². The van der Waals surface area contributed by atoms with Crippen LogP contribution in [-0.4, -0.2) is 49.5 Å². The number of hydrogen-bond donors (Lipinski definition) is 1. The Morgan fingerprint density at radius 1 is 1.03 bits per heavy atom. The second-order valence-electron chi connectivity index (χ2n) is 8.10. The molecule has 7 nitrogen and oxygen atoms in total. The van der Waals surface area contributed by atoms with Gasteiger partial charge in [-0.15, -0.1) is 11.3 Å². The molecule has 0 spiro atoms. The van der Waals surface area contributed by atoms with E-state index in [1.807, 2.05) is 45.0 Å². The van der Waals surface area contributed by atoms with Crippen molar-refractivity contribution in [2.45, 2.75) is 37.9 Å². The highest BCUT2D eigenvalue weighted by Crippen LogP contribution is 2.38. The molecule has 1 fully saturated rings. The zero-order chi connectivity index (χ0) is 23.0. The summed E-state index contributed by atoms with van der Waals surface area (Å²) in [6.07, 6.45) is -0.0751. The van der Waals surface area contributed by atoms with Crippen molar-refractivity contribution >= 4 is 27.3 Å². The van der Waals surface area contributed by atoms with Gasteiger partial charge in [-0.2, -0.15) is 0 Å². The molecule has 32 heavy (non-hydrogen) atoms. The lowest BCUT2D eigenvalue weighted by Crippen LogP contribution is -2.48. The number of thiazole rings is 1. The summed E-state index contributed by atoms with van der Waals surface area (Å²) in [7, 11) is -3.79. The van der Waals surface area contributed by atoms with Crippen LogP contribution in [0.1, 0.15) is 29.2 Å². The van der Waals surface area contributed by atoms with Crippen LogP contribution in [0.3, 0.4) is 0 Å². The van der Waals surface area contributed by atoms with Gasteiger partial charge in [0.2, 0.25) is 10.0 Å². The Balaban J connectivity index is 1.77. The van der Waals surface area contributed by atoms with Gasteiger partial charge in [-0.1, -0.05) is 42.0 Å². The molecule has 0 saturated carbocycles. The molecule has 0 radical (unpaired) electrons. The van der Waals surface area contributed by atoms with E-state index >= 15 is 0 Å². The van der Waals surface area contributed by atoms with Gasteiger partial charge in [0.15, 0.2) is 5.01 Å². The predicted molar refractivity (Wildman–Crippen MR) is 125 cm³/mol. The number of carbonyl (C=O) groups excluding carboxylic acids is 1. The highest BCUT2D eigenvalue weighted by atomic mass is 32.2. The van der Waals surface area contributed by atoms with Crippen molar-refractivity contribution in [2.24, 2.45) is 5.14 Å². The van der Waals surface area contributed by atoms with Gasteiger partial charge in [0.05, 0.1) is 27.7 Å². The highest BCUT2D eigenvalue weighted by Gasteiger charge is 2.29. The summed E-state index contributed by atoms with van der Waals surface area (Å²) in [6.45, 7) is 6.94. The summed E-state index contributed by atoms with van der Waals surface area (Å²) in [5.74, 6) is -0.127. The zero-order valence-corrected chi connectivity index (χ0v) is 19.7. The molecule has 1 saturated heterocycles. The van der Waals surface area contributed by atoms with Gasteiger partial charge in [0.1, 0.15) is 0 Å². The molecule has 1 aliphatic heterocycles. The molecule has 2 N–H and O–H groups in total. The van der Waals surface area contributed by atoms with Gasteiger partial charge in [-0.25, -0.2) is 18.5 Å². The van der Waals surface area contributed by atoms with Crippen molar-refractivity contribution in [3.8, 4) is 21.7 Å². The maximum Gasteiger partial charge on any atom is 0.283 e. The first-order valence-electron chi connectivity index (χ1n) is 10.3. The highest BCUT2D eigenvalue weighted by molar-refractivity contribution is 7.89. The average Bonchev–Trinajstić information content (AvgIpc) is 3.18. The molecule has 9 heteroatoms. The molecule has 1 amide bonds. The SMILES string of the molecule is Cc1ccc(-c2nc(C(=O)N3C[C@@H](C)O[C@@H](C)C3)sc2-c2ccc(S(N)(=O)=O)cc2)cc1. The molecule has 168 valence electrons. The van der Waals surface area contributed by atoms with Crippen molar-refractivity contribution in [3.63, 3.8) is 0 Å². The average molecular weight is 472 g/mol. The van der Waals surface area contributed by atoms with Crippen LogP contribution in [0.5, 0.6) is 0 Å². The Morgan fingerprint density at radius 3 is 2.16 bits per heavy atom. The van der Waals surface area contributed by atoms with E-state index in [9.17, 15) is 13.2 Å². The topological polar surface area (TPSA) is 103 Å². The summed E-state index contributed by atoms with van der Waals surface area (Å²) in [4.78, 5) is 20.6. The van der Waals surface area contributed by atoms with Crippen LogP contribution in [0, 0.1) is 6.92 Å². The summed E-state index contributed by atoms with van der Waals surface area (Å²) < 4.78 is 29.0. The standard InChI is InChI=1S/C23H25N3O4S2/c1-14-4-6-17(7-5-14)20-21(18-8-10-19(11-9-18)32(24,28)29)31-22(25-20)23(27)26-12-15(2)30-16(3)13-26/h4-11,15-16H,12-13H2,1-3H3,(H2,24,28,29)/t15-,16+. The number of nitrogens with two attached hydrogens (primary N) is 1. The third-order valence-electron chi connectivity index (χ3n) is 5.29. The number of benzene rings is 2. The maximum atomic E-state index is 13.3. The second kappa shape index (κ2) is 8.74. The molecule has 4 rings (SSSR count). The molecule has 1 aromatic heterocycles. The number of aromatic nitrogens is 1. The number of aryl methyl sites for hydroxylation is 1. The van der Waals surface area contributed by atoms with Crippen LogP contribution < -0.4 is 5.14 Å². The molecule has 2 heterocycles. The molecular formula is C23H25N3O4S2. The van der Waals surface area contributed by atoms with Crippen molar-refractivity contribution in [2.75, 3.05) is 13.1 Å². The third kappa shape index (κ3) is 4.75. The van der Waals surface area contributed by atoms with Crippen molar-refractivity contribution < 1.29 is 17.9 Å². The van der Waals surface area contributed by atoms with Crippen molar-refractivity contribution in [1.29, 1.82) is 0 Å². The molecule has 0 aliphatic carbocycles. The minimum Gasteiger partial charge on any atom is -0.372 e. The van der Waals surface area contributed by atoms with E-state index in [0.717, 1.165) is 21.6 Å². The van der Waals surface area contributed by atoms with E-state index in [2.05, 4.69) is 0 Å². The van der Waals surface area contributed by atoms with Crippen molar-refractivity contribution in [1.82, 2.24) is 9.88 Å². The van der Waals surface area contributed by atoms with Gasteiger partial charge in [0.25, 0.3) is 5.91 Å². The summed E-state index contributed by atoms with van der Waals surface area (Å²) in [5, 5.41) is 5.63. The summed E-state index contributed by atoms with van der Waals surface area (Å²) >= 11 is 1.31. The lowest BCUT2D eigenvalue weighted by atomic mass is 10.1. The fourth-order valence-corrected chi connectivity index (χ4v) is 5.37. The first-order chi connectivity index (χ1) is 15.1. The van der Waals surface area contributed by atoms with Gasteiger partial charge in [-0.3, -0.25) is 4.79 Å². The van der Waals surface area contributed by atoms with Gasteiger partial charge in [-0.05, 0) is 38.5 Å². The lowest BCUT2D eigenvalue weighted by molar-refractivity contribution is -0.0586. The first kappa shape index (κ1) is 22.6. The predicted octanol–water partition coefficient (Wildman–Crippen LogP) is 3.68. The Hall–Kier alpha value is -2.59. The van der Waals surface area contributed by atoms with E-state index in [4.69, 9.17) is 14.9 Å². The number of ether oxygens (including phenoxy) is 1. The first-order valence-corrected chi connectivity index (χ1v) is 12.6. The van der Waals surface area contributed by atoms with Gasteiger partial charge >= 0.3 is 0 Å². The molecule has 2 atom stereocenters. The maximum absolute atomic E-state index is 13.3. The molecule has 2 aromatic carbocycles. The zero-order valence-electron chi connectivity index (χ0n) is 18.1. The molecule has 1 aliphatic rings. The lowest BCUT2D eigenvalue weighted by Gasteiger charge is -2.34. The number of sulfonamides is 1. The van der Waals surface area contributed by atoms with Crippen LogP contribution in [-0.2, 0) is 14.8 Å². The third-order valence-corrected chi connectivity index (χ3v) is 7.31. The molecule has 0 bridgehead atoms. The van der Waals surface area contributed by atoms with Crippen molar-refractivity contribution in [3.05, 3.63) is 59.1 Å². The van der Waals surface area contributed by atoms with Crippen LogP contribution >= 0.6 is 11.3 Å². The minimum absolute atomic E-state index is 0.0373. The molecular weight excluding hydrogens is 446 g/mol. The van der Waals surface area contributed by atoms with E-state index in [-0.39, 0.29) is 23.0 Å². The molecule has 0 unspecified atom stereocenters. The number of nitrogens with zero attached hydrogens (tertiary/aromatic N) is 2. The molecule has 3 aromatic rings. The summed E-state index contributed by atoms with van der Waals surface area (Å²) in [6, 6.07) is 14.3. The van der Waals surface area contributed by atoms with E-state index in [1.165, 1.54) is 23.5 Å². The quantitative estimate of drug-likeness (QED) is 0.625. The van der Waals surface area contributed by atoms with Crippen LogP contribution in [0.4, 0.5) is 0 Å². The smallest absolute Gasteiger partial charge is 0.283 e. The number of rotatable bonds is 4. The monoisotopic (exact) mass is 471 g/mol. The number of amides is 1. The van der Waals surface area contributed by atoms with Gasteiger partial charge in [0, 0.05) is 18.7 Å². The fourth-order valence-electron chi connectivity index (χ4n) is 3.79. The normalized spacial score (nSPS) is 19.2. The van der Waals surface area contributed by atoms with Crippen LogP contribution in [0.25, 0.3) is 21.7 Å². The Kier molecular flexibility index (Phi) is 6.17. The largest absolute Gasteiger partial charge is 0.372 e. The van der Waals surface area contributed by atoms with Crippen LogP contribution in [0.2, 0.25) is 0 Å². The minimum atomic E-state index is -3.79. The summed E-state index contributed by atoms with van der Waals surface area (Å²) in [5.41, 5.74) is 3.47. The Bertz CT molecular complexity index is 1230. The number of morpholine rings is 1.